The largest absolute Gasteiger partial charge is 1.00 e. The fourth-order valence-corrected chi connectivity index (χ4v) is 0. The quantitative estimate of drug-likeness (QED) is 0.328. The minimum Gasteiger partial charge on any atom is -0.822 e. The first-order chi connectivity index (χ1) is 2.00. The molecule has 0 N–H and O–H groups in total. The van der Waals surface area contributed by atoms with Gasteiger partial charge in [0.2, 0.25) is 0 Å². The van der Waals surface area contributed by atoms with E-state index in [-0.39, 0.29) is 272 Å². The Bertz CT molecular complexity index is 68.4. The Balaban J connectivity index is -0.00000000381. The van der Waals surface area contributed by atoms with E-state index in [4.69, 9.17) is 19.2 Å². The predicted molar refractivity (Wildman–Crippen MR) is 7.61 cm³/mol. The van der Waals surface area contributed by atoms with Crippen LogP contribution in [0.4, 0.5) is 0 Å². The van der Waals surface area contributed by atoms with Crippen LogP contribution in [0.25, 0.3) is 0 Å². The van der Waals surface area contributed by atoms with E-state index in [9.17, 15) is 0 Å². The van der Waals surface area contributed by atoms with Crippen molar-refractivity contribution in [3.8, 4) is 0 Å². The maximum Gasteiger partial charge on any atom is 1.00 e. The van der Waals surface area contributed by atoms with Gasteiger partial charge >= 0.3 is 272 Å². The minimum absolute atomic E-state index is 0. The molecule has 0 aliphatic heterocycles. The summed E-state index contributed by atoms with van der Waals surface area (Å²) >= 11 is 0. The van der Waals surface area contributed by atoms with E-state index in [1.807, 2.05) is 0 Å². The number of rotatable bonds is 0. The summed E-state index contributed by atoms with van der Waals surface area (Å²) in [4.78, 5) is 25.6. The van der Waals surface area contributed by atoms with Crippen molar-refractivity contribution in [2.45, 2.75) is 0 Å². The fraction of sp³-hybridized carbons (Fsp3) is 0. The molecule has 32 valence electrons. The zero-order valence-electron chi connectivity index (χ0n) is 9.08. The Morgan fingerprint density at radius 3 is 0.667 bits per heavy atom. The standard InChI is InChI=1S/3K.4Na.H3O4P/c;;;;;;;1-5(2,3)4/h;;;;;;;(H3,1,2,3,4)/q7*+1;/p-3. The van der Waals surface area contributed by atoms with Gasteiger partial charge in [0.1, 0.15) is 0 Å². The second kappa shape index (κ2) is 32.1. The number of phosphoric acid groups is 1. The van der Waals surface area contributed by atoms with E-state index < -0.39 is 7.82 Å². The second-order valence-corrected chi connectivity index (χ2v) is 1.34. The summed E-state index contributed by atoms with van der Waals surface area (Å²) in [6.45, 7) is 0. The molecule has 0 aromatic heterocycles. The van der Waals surface area contributed by atoms with Gasteiger partial charge in [-0.3, -0.25) is 0 Å². The molecule has 0 aromatic rings. The number of hydrogen-bond donors (Lipinski definition) is 0. The van der Waals surface area contributed by atoms with Gasteiger partial charge in [0.25, 0.3) is 0 Å². The molecule has 12 heteroatoms. The van der Waals surface area contributed by atoms with Crippen molar-refractivity contribution in [3.63, 3.8) is 0 Å². The van der Waals surface area contributed by atoms with Crippen molar-refractivity contribution < 1.29 is 292 Å². The van der Waals surface area contributed by atoms with Crippen LogP contribution in [-0.2, 0) is 4.57 Å². The van der Waals surface area contributed by atoms with Gasteiger partial charge in [-0.25, -0.2) is 0 Å². The van der Waals surface area contributed by atoms with Crippen LogP contribution in [0, 0.1) is 0 Å². The third kappa shape index (κ3) is 75.9. The molecule has 0 aliphatic carbocycles. The molecule has 0 saturated carbocycles. The molecule has 0 atom stereocenters. The molecule has 12 heavy (non-hydrogen) atoms. The molecular weight excluding hydrogens is 304 g/mol. The predicted octanol–water partition coefficient (Wildman–Crippen LogP) is -23.8. The zero-order valence-corrected chi connectivity index (χ0v) is 27.3. The Morgan fingerprint density at radius 1 is 0.667 bits per heavy atom. The van der Waals surface area contributed by atoms with Gasteiger partial charge in [-0.15, -0.1) is 0 Å². The van der Waals surface area contributed by atoms with E-state index in [1.54, 1.807) is 0 Å². The topological polar surface area (TPSA) is 86.2 Å². The summed E-state index contributed by atoms with van der Waals surface area (Å²) in [7, 11) is -5.39. The fourth-order valence-electron chi connectivity index (χ4n) is 0. The van der Waals surface area contributed by atoms with Crippen molar-refractivity contribution >= 4 is 7.82 Å². The maximum atomic E-state index is 8.55. The molecule has 0 aliphatic rings. The van der Waals surface area contributed by atoms with Crippen molar-refractivity contribution in [2.75, 3.05) is 0 Å². The molecular formula is K3Na4O4P+4. The summed E-state index contributed by atoms with van der Waals surface area (Å²) in [6.07, 6.45) is 0. The van der Waals surface area contributed by atoms with Crippen LogP contribution in [0.5, 0.6) is 0 Å². The summed E-state index contributed by atoms with van der Waals surface area (Å²) in [6, 6.07) is 0. The molecule has 0 rings (SSSR count). The van der Waals surface area contributed by atoms with Crippen molar-refractivity contribution in [2.24, 2.45) is 0 Å². The van der Waals surface area contributed by atoms with Crippen molar-refractivity contribution in [1.29, 1.82) is 0 Å². The van der Waals surface area contributed by atoms with Crippen LogP contribution in [0.3, 0.4) is 0 Å². The van der Waals surface area contributed by atoms with E-state index >= 15 is 0 Å². The van der Waals surface area contributed by atoms with Gasteiger partial charge in [0, 0.05) is 0 Å². The summed E-state index contributed by atoms with van der Waals surface area (Å²) < 4.78 is 8.55. The van der Waals surface area contributed by atoms with Crippen molar-refractivity contribution in [3.05, 3.63) is 0 Å². The SMILES string of the molecule is O=P([O-])([O-])[O-].[K+].[K+].[K+].[Na+].[Na+].[Na+].[Na+]. The third-order valence-electron chi connectivity index (χ3n) is 0. The van der Waals surface area contributed by atoms with E-state index in [0.29, 0.717) is 0 Å². The molecule has 0 spiro atoms. The van der Waals surface area contributed by atoms with Gasteiger partial charge in [0.15, 0.2) is 0 Å². The molecule has 0 bridgehead atoms. The smallest absolute Gasteiger partial charge is 0.822 e. The van der Waals surface area contributed by atoms with Crippen LogP contribution < -0.4 is 287 Å². The Morgan fingerprint density at radius 2 is 0.667 bits per heavy atom. The average Bonchev–Trinajstić information content (AvgIpc) is 0.722. The van der Waals surface area contributed by atoms with Crippen LogP contribution in [0.15, 0.2) is 0 Å². The van der Waals surface area contributed by atoms with Gasteiger partial charge < -0.3 is 19.2 Å². The summed E-state index contributed by atoms with van der Waals surface area (Å²) in [5.41, 5.74) is 0. The Labute approximate surface area is 289 Å². The van der Waals surface area contributed by atoms with Crippen LogP contribution in [0.1, 0.15) is 0 Å². The minimum atomic E-state index is -5.39. The van der Waals surface area contributed by atoms with Crippen LogP contribution in [-0.4, -0.2) is 0 Å². The normalized spacial score (nSPS) is 4.92. The molecule has 0 aromatic carbocycles. The molecule has 4 nitrogen and oxygen atoms in total. The zero-order chi connectivity index (χ0) is 4.50. The van der Waals surface area contributed by atoms with Gasteiger partial charge in [-0.1, -0.05) is 0 Å². The average molecular weight is 304 g/mol. The third-order valence-corrected chi connectivity index (χ3v) is 0. The van der Waals surface area contributed by atoms with Gasteiger partial charge in [0.05, 0.1) is 0 Å². The monoisotopic (exact) mass is 304 g/mol. The molecule has 0 saturated heterocycles. The van der Waals surface area contributed by atoms with E-state index in [2.05, 4.69) is 0 Å². The first-order valence-electron chi connectivity index (χ1n) is 0.730. The Hall–Kier alpha value is 9.02. The van der Waals surface area contributed by atoms with Gasteiger partial charge in [-0.2, -0.15) is 7.82 Å². The molecule has 0 heterocycles. The Kier molecular flexibility index (Phi) is 133. The van der Waals surface area contributed by atoms with Gasteiger partial charge in [-0.05, 0) is 0 Å². The molecule has 0 radical (unpaired) electrons. The first-order valence-corrected chi connectivity index (χ1v) is 2.19. The first kappa shape index (κ1) is 49.7. The number of hydrogen-bond acceptors (Lipinski definition) is 4. The molecule has 0 fully saturated rings. The molecule has 0 unspecified atom stereocenters. The van der Waals surface area contributed by atoms with Crippen LogP contribution >= 0.6 is 7.82 Å². The maximum absolute atomic E-state index is 8.55. The van der Waals surface area contributed by atoms with E-state index in [1.165, 1.54) is 0 Å². The molecule has 0 amide bonds. The van der Waals surface area contributed by atoms with Crippen molar-refractivity contribution in [1.82, 2.24) is 0 Å². The second-order valence-electron chi connectivity index (χ2n) is 0.447. The summed E-state index contributed by atoms with van der Waals surface area (Å²) in [5, 5.41) is 0. The summed E-state index contributed by atoms with van der Waals surface area (Å²) in [5.74, 6) is 0. The van der Waals surface area contributed by atoms with Crippen LogP contribution in [0.2, 0.25) is 0 Å². The van der Waals surface area contributed by atoms with E-state index in [0.717, 1.165) is 0 Å².